The SMILES string of the molecule is Cc1ccnc2c1ccn2[C@@H]1O[C@H]([C@H](O)c2ccc(S(C)(=O)=O)cc2)[C@@H](O)[C@H]1O. The van der Waals surface area contributed by atoms with Crippen molar-refractivity contribution in [2.45, 2.75) is 42.5 Å². The number of hydrogen-bond donors (Lipinski definition) is 3. The quantitative estimate of drug-likeness (QED) is 0.580. The number of pyridine rings is 1. The van der Waals surface area contributed by atoms with Crippen molar-refractivity contribution in [1.29, 1.82) is 0 Å². The highest BCUT2D eigenvalue weighted by Crippen LogP contribution is 2.37. The van der Waals surface area contributed by atoms with Gasteiger partial charge in [-0.2, -0.15) is 0 Å². The molecule has 0 aliphatic carbocycles. The minimum absolute atomic E-state index is 0.125. The molecule has 2 aromatic heterocycles. The smallest absolute Gasteiger partial charge is 0.175 e. The van der Waals surface area contributed by atoms with Gasteiger partial charge in [-0.3, -0.25) is 0 Å². The lowest BCUT2D eigenvalue weighted by molar-refractivity contribution is -0.0848. The first-order valence-corrected chi connectivity index (χ1v) is 11.0. The minimum atomic E-state index is -3.36. The topological polar surface area (TPSA) is 122 Å². The first kappa shape index (κ1) is 20.0. The van der Waals surface area contributed by atoms with E-state index < -0.39 is 40.5 Å². The highest BCUT2D eigenvalue weighted by molar-refractivity contribution is 7.90. The molecule has 0 radical (unpaired) electrons. The zero-order valence-corrected chi connectivity index (χ0v) is 16.7. The van der Waals surface area contributed by atoms with Gasteiger partial charge in [-0.25, -0.2) is 13.4 Å². The van der Waals surface area contributed by atoms with E-state index in [1.54, 1.807) is 17.0 Å². The molecule has 9 heteroatoms. The average Bonchev–Trinajstić information content (AvgIpc) is 3.23. The second kappa shape index (κ2) is 7.19. The molecule has 4 rings (SSSR count). The van der Waals surface area contributed by atoms with E-state index in [1.165, 1.54) is 24.3 Å². The van der Waals surface area contributed by atoms with Crippen LogP contribution < -0.4 is 0 Å². The fourth-order valence-electron chi connectivity index (χ4n) is 3.68. The molecule has 3 N–H and O–H groups in total. The molecule has 0 saturated carbocycles. The summed E-state index contributed by atoms with van der Waals surface area (Å²) in [5, 5.41) is 32.7. The van der Waals surface area contributed by atoms with Crippen LogP contribution in [0.3, 0.4) is 0 Å². The van der Waals surface area contributed by atoms with Gasteiger partial charge in [-0.15, -0.1) is 0 Å². The van der Waals surface area contributed by atoms with E-state index in [0.29, 0.717) is 11.2 Å². The maximum Gasteiger partial charge on any atom is 0.175 e. The summed E-state index contributed by atoms with van der Waals surface area (Å²) >= 11 is 0. The molecular formula is C20H22N2O6S. The van der Waals surface area contributed by atoms with E-state index >= 15 is 0 Å². The van der Waals surface area contributed by atoms with Crippen LogP contribution in [-0.4, -0.2) is 57.9 Å². The zero-order chi connectivity index (χ0) is 20.9. The number of aliphatic hydroxyl groups excluding tert-OH is 3. The van der Waals surface area contributed by atoms with Crippen molar-refractivity contribution in [3.63, 3.8) is 0 Å². The Morgan fingerprint density at radius 3 is 2.45 bits per heavy atom. The van der Waals surface area contributed by atoms with Gasteiger partial charge in [-0.05, 0) is 42.3 Å². The molecule has 1 aliphatic heterocycles. The number of aromatic nitrogens is 2. The molecule has 1 saturated heterocycles. The lowest BCUT2D eigenvalue weighted by Crippen LogP contribution is -2.34. The summed E-state index contributed by atoms with van der Waals surface area (Å²) in [4.78, 5) is 4.46. The lowest BCUT2D eigenvalue weighted by Gasteiger charge is -2.21. The maximum absolute atomic E-state index is 11.6. The molecule has 3 aromatic rings. The Bertz CT molecular complexity index is 1140. The molecule has 154 valence electrons. The third-order valence-electron chi connectivity index (χ3n) is 5.34. The molecule has 0 bridgehead atoms. The summed E-state index contributed by atoms with van der Waals surface area (Å²) in [5.74, 6) is 0. The summed E-state index contributed by atoms with van der Waals surface area (Å²) in [7, 11) is -3.36. The van der Waals surface area contributed by atoms with Gasteiger partial charge < -0.3 is 24.6 Å². The third kappa shape index (κ3) is 3.45. The van der Waals surface area contributed by atoms with Gasteiger partial charge in [0.1, 0.15) is 30.1 Å². The highest BCUT2D eigenvalue weighted by atomic mass is 32.2. The number of hydrogen-bond acceptors (Lipinski definition) is 7. The van der Waals surface area contributed by atoms with E-state index in [4.69, 9.17) is 4.74 Å². The van der Waals surface area contributed by atoms with Crippen LogP contribution in [0, 0.1) is 6.92 Å². The summed E-state index contributed by atoms with van der Waals surface area (Å²) < 4.78 is 30.7. The predicted molar refractivity (Wildman–Crippen MR) is 105 cm³/mol. The average molecular weight is 418 g/mol. The van der Waals surface area contributed by atoms with E-state index in [9.17, 15) is 23.7 Å². The molecule has 0 spiro atoms. The summed E-state index contributed by atoms with van der Waals surface area (Å²) in [5.41, 5.74) is 2.00. The first-order chi connectivity index (χ1) is 13.7. The van der Waals surface area contributed by atoms with Crippen LogP contribution in [0.15, 0.2) is 53.7 Å². The fourth-order valence-corrected chi connectivity index (χ4v) is 4.31. The third-order valence-corrected chi connectivity index (χ3v) is 6.47. The Morgan fingerprint density at radius 2 is 1.79 bits per heavy atom. The monoisotopic (exact) mass is 418 g/mol. The maximum atomic E-state index is 11.6. The number of fused-ring (bicyclic) bond motifs is 1. The molecule has 1 aliphatic rings. The number of benzene rings is 1. The predicted octanol–water partition coefficient (Wildman–Crippen LogP) is 1.10. The van der Waals surface area contributed by atoms with Gasteiger partial charge >= 0.3 is 0 Å². The standard InChI is InChI=1S/C20H22N2O6S/c1-11-7-9-21-19-14(11)8-10-22(19)20-17(25)16(24)18(28-20)15(23)12-3-5-13(6-4-12)29(2,26)27/h3-10,15-18,20,23-25H,1-2H3/t15-,16+,17-,18-,20-/m1/s1. The van der Waals surface area contributed by atoms with Gasteiger partial charge in [0.2, 0.25) is 0 Å². The van der Waals surface area contributed by atoms with Crippen LogP contribution in [0.4, 0.5) is 0 Å². The normalized spacial score (nSPS) is 26.1. The largest absolute Gasteiger partial charge is 0.387 e. The molecule has 0 amide bonds. The van der Waals surface area contributed by atoms with Crippen molar-refractivity contribution in [1.82, 2.24) is 9.55 Å². The van der Waals surface area contributed by atoms with Crippen LogP contribution in [-0.2, 0) is 14.6 Å². The number of rotatable bonds is 4. The Balaban J connectivity index is 1.62. The second-order valence-electron chi connectivity index (χ2n) is 7.35. The Kier molecular flexibility index (Phi) is 4.96. The molecule has 8 nitrogen and oxygen atoms in total. The number of aliphatic hydroxyl groups is 3. The van der Waals surface area contributed by atoms with Crippen LogP contribution in [0.1, 0.15) is 23.5 Å². The molecule has 5 atom stereocenters. The van der Waals surface area contributed by atoms with Crippen molar-refractivity contribution >= 4 is 20.9 Å². The molecule has 29 heavy (non-hydrogen) atoms. The van der Waals surface area contributed by atoms with Crippen molar-refractivity contribution in [2.75, 3.05) is 6.26 Å². The molecule has 1 aromatic carbocycles. The van der Waals surface area contributed by atoms with Crippen molar-refractivity contribution in [2.24, 2.45) is 0 Å². The first-order valence-electron chi connectivity index (χ1n) is 9.10. The van der Waals surface area contributed by atoms with Crippen LogP contribution in [0.5, 0.6) is 0 Å². The second-order valence-corrected chi connectivity index (χ2v) is 9.36. The van der Waals surface area contributed by atoms with E-state index in [-0.39, 0.29) is 4.90 Å². The zero-order valence-electron chi connectivity index (χ0n) is 15.9. The van der Waals surface area contributed by atoms with Gasteiger partial charge in [0.05, 0.1) is 4.90 Å². The van der Waals surface area contributed by atoms with Gasteiger partial charge in [0.15, 0.2) is 16.1 Å². The Hall–Kier alpha value is -2.30. The van der Waals surface area contributed by atoms with Gasteiger partial charge in [0.25, 0.3) is 0 Å². The van der Waals surface area contributed by atoms with Crippen LogP contribution >= 0.6 is 0 Å². The number of ether oxygens (including phenoxy) is 1. The minimum Gasteiger partial charge on any atom is -0.387 e. The van der Waals surface area contributed by atoms with Crippen LogP contribution in [0.2, 0.25) is 0 Å². The highest BCUT2D eigenvalue weighted by Gasteiger charge is 2.47. The molecular weight excluding hydrogens is 396 g/mol. The number of aryl methyl sites for hydroxylation is 1. The van der Waals surface area contributed by atoms with E-state index in [1.807, 2.05) is 19.1 Å². The Morgan fingerprint density at radius 1 is 1.10 bits per heavy atom. The summed E-state index contributed by atoms with van der Waals surface area (Å²) in [6, 6.07) is 9.43. The van der Waals surface area contributed by atoms with Crippen molar-refractivity contribution < 1.29 is 28.5 Å². The Labute approximate surface area is 167 Å². The molecule has 0 unspecified atom stereocenters. The van der Waals surface area contributed by atoms with Crippen LogP contribution in [0.25, 0.3) is 11.0 Å². The summed E-state index contributed by atoms with van der Waals surface area (Å²) in [6.07, 6.45) is -1.42. The molecule has 1 fully saturated rings. The number of nitrogens with zero attached hydrogens (tertiary/aromatic N) is 2. The summed E-state index contributed by atoms with van der Waals surface area (Å²) in [6.45, 7) is 1.95. The van der Waals surface area contributed by atoms with Crippen molar-refractivity contribution in [3.05, 3.63) is 59.9 Å². The van der Waals surface area contributed by atoms with E-state index in [0.717, 1.165) is 17.2 Å². The van der Waals surface area contributed by atoms with Crippen molar-refractivity contribution in [3.8, 4) is 0 Å². The van der Waals surface area contributed by atoms with Gasteiger partial charge in [-0.1, -0.05) is 12.1 Å². The fraction of sp³-hybridized carbons (Fsp3) is 0.350. The molecule has 3 heterocycles. The van der Waals surface area contributed by atoms with E-state index in [2.05, 4.69) is 4.98 Å². The number of sulfone groups is 1. The lowest BCUT2D eigenvalue weighted by atomic mass is 9.99. The van der Waals surface area contributed by atoms with Gasteiger partial charge in [0, 0.05) is 24.0 Å².